The fraction of sp³-hybridized carbons (Fsp3) is 0.474. The fourth-order valence-corrected chi connectivity index (χ4v) is 3.64. The molecule has 0 saturated carbocycles. The summed E-state index contributed by atoms with van der Waals surface area (Å²) in [7, 11) is 0. The molecule has 0 radical (unpaired) electrons. The Hall–Kier alpha value is -1.78. The zero-order chi connectivity index (χ0) is 15.5. The Morgan fingerprint density at radius 1 is 1.22 bits per heavy atom. The van der Waals surface area contributed by atoms with E-state index < -0.39 is 0 Å². The lowest BCUT2D eigenvalue weighted by Crippen LogP contribution is -2.32. The van der Waals surface area contributed by atoms with E-state index in [9.17, 15) is 0 Å². The zero-order valence-electron chi connectivity index (χ0n) is 13.5. The zero-order valence-corrected chi connectivity index (χ0v) is 13.5. The summed E-state index contributed by atoms with van der Waals surface area (Å²) in [6, 6.07) is 10.7. The van der Waals surface area contributed by atoms with Crippen LogP contribution in [-0.2, 0) is 19.5 Å². The summed E-state index contributed by atoms with van der Waals surface area (Å²) in [5.74, 6) is 1.55. The van der Waals surface area contributed by atoms with Crippen LogP contribution in [0.1, 0.15) is 41.4 Å². The van der Waals surface area contributed by atoms with Crippen molar-refractivity contribution < 1.29 is 0 Å². The van der Waals surface area contributed by atoms with E-state index >= 15 is 0 Å². The molecule has 4 rings (SSSR count). The SMILES string of the molecule is c1ccc(CN2CCc3nc(C4CCCNC4)ncc3C2)cc1. The number of aromatic nitrogens is 2. The van der Waals surface area contributed by atoms with Gasteiger partial charge >= 0.3 is 0 Å². The van der Waals surface area contributed by atoms with Crippen LogP contribution in [0.3, 0.4) is 0 Å². The Balaban J connectivity index is 1.45. The topological polar surface area (TPSA) is 41.1 Å². The summed E-state index contributed by atoms with van der Waals surface area (Å²) in [6.45, 7) is 5.22. The van der Waals surface area contributed by atoms with Gasteiger partial charge in [0.25, 0.3) is 0 Å². The minimum atomic E-state index is 0.497. The van der Waals surface area contributed by atoms with E-state index in [-0.39, 0.29) is 0 Å². The average Bonchev–Trinajstić information content (AvgIpc) is 2.63. The van der Waals surface area contributed by atoms with E-state index in [4.69, 9.17) is 4.98 Å². The molecule has 0 aliphatic carbocycles. The number of nitrogens with one attached hydrogen (secondary N) is 1. The van der Waals surface area contributed by atoms with Gasteiger partial charge in [-0.25, -0.2) is 9.97 Å². The molecule has 0 bridgehead atoms. The number of hydrogen-bond donors (Lipinski definition) is 1. The monoisotopic (exact) mass is 308 g/mol. The van der Waals surface area contributed by atoms with Gasteiger partial charge in [0.15, 0.2) is 0 Å². The predicted molar refractivity (Wildman–Crippen MR) is 91.1 cm³/mol. The van der Waals surface area contributed by atoms with Gasteiger partial charge in [0.2, 0.25) is 0 Å². The highest BCUT2D eigenvalue weighted by atomic mass is 15.1. The molecule has 1 aromatic heterocycles. The molecule has 1 aromatic carbocycles. The number of benzene rings is 1. The number of hydrogen-bond acceptors (Lipinski definition) is 4. The van der Waals surface area contributed by atoms with Gasteiger partial charge in [-0.2, -0.15) is 0 Å². The second-order valence-electron chi connectivity index (χ2n) is 6.69. The maximum absolute atomic E-state index is 4.90. The van der Waals surface area contributed by atoms with Crippen LogP contribution in [0.2, 0.25) is 0 Å². The molecule has 0 spiro atoms. The first-order valence-electron chi connectivity index (χ1n) is 8.70. The highest BCUT2D eigenvalue weighted by Crippen LogP contribution is 2.23. The van der Waals surface area contributed by atoms with Gasteiger partial charge in [0.05, 0.1) is 0 Å². The first-order valence-corrected chi connectivity index (χ1v) is 8.70. The Morgan fingerprint density at radius 2 is 2.13 bits per heavy atom. The molecule has 1 unspecified atom stereocenters. The third-order valence-corrected chi connectivity index (χ3v) is 4.94. The van der Waals surface area contributed by atoms with E-state index in [1.807, 2.05) is 0 Å². The van der Waals surface area contributed by atoms with Crippen LogP contribution in [0, 0.1) is 0 Å². The van der Waals surface area contributed by atoms with Crippen LogP contribution >= 0.6 is 0 Å². The van der Waals surface area contributed by atoms with Crippen molar-refractivity contribution in [1.29, 1.82) is 0 Å². The lowest BCUT2D eigenvalue weighted by molar-refractivity contribution is 0.242. The molecule has 2 aliphatic rings. The normalized spacial score (nSPS) is 21.8. The lowest BCUT2D eigenvalue weighted by Gasteiger charge is -2.29. The summed E-state index contributed by atoms with van der Waals surface area (Å²) in [6.07, 6.45) is 5.56. The van der Waals surface area contributed by atoms with E-state index in [0.717, 1.165) is 45.0 Å². The molecule has 2 aliphatic heterocycles. The van der Waals surface area contributed by atoms with Gasteiger partial charge in [-0.05, 0) is 24.9 Å². The standard InChI is InChI=1S/C19H24N4/c1-2-5-15(6-3-1)13-23-10-8-18-17(14-23)12-21-19(22-18)16-7-4-9-20-11-16/h1-3,5-6,12,16,20H,4,7-11,13-14H2. The molecule has 120 valence electrons. The smallest absolute Gasteiger partial charge is 0.132 e. The molecular weight excluding hydrogens is 284 g/mol. The Kier molecular flexibility index (Phi) is 4.35. The van der Waals surface area contributed by atoms with Crippen molar-refractivity contribution in [2.75, 3.05) is 19.6 Å². The second-order valence-corrected chi connectivity index (χ2v) is 6.69. The fourth-order valence-electron chi connectivity index (χ4n) is 3.64. The van der Waals surface area contributed by atoms with Crippen molar-refractivity contribution in [2.24, 2.45) is 0 Å². The highest BCUT2D eigenvalue weighted by molar-refractivity contribution is 5.23. The van der Waals surface area contributed by atoms with Crippen molar-refractivity contribution in [3.63, 3.8) is 0 Å². The molecule has 0 amide bonds. The number of piperidine rings is 1. The third-order valence-electron chi connectivity index (χ3n) is 4.94. The van der Waals surface area contributed by atoms with Gasteiger partial charge in [0, 0.05) is 56.0 Å². The van der Waals surface area contributed by atoms with Crippen molar-refractivity contribution in [3.8, 4) is 0 Å². The average molecular weight is 308 g/mol. The second kappa shape index (κ2) is 6.77. The minimum Gasteiger partial charge on any atom is -0.316 e. The van der Waals surface area contributed by atoms with Crippen molar-refractivity contribution in [3.05, 3.63) is 59.2 Å². The molecule has 1 fully saturated rings. The predicted octanol–water partition coefficient (Wildman–Crippen LogP) is 2.50. The quantitative estimate of drug-likeness (QED) is 0.946. The number of fused-ring (bicyclic) bond motifs is 1. The summed E-state index contributed by atoms with van der Waals surface area (Å²) in [4.78, 5) is 12.1. The molecule has 4 heteroatoms. The first kappa shape index (κ1) is 14.8. The molecule has 2 aromatic rings. The van der Waals surface area contributed by atoms with Crippen molar-refractivity contribution in [1.82, 2.24) is 20.2 Å². The van der Waals surface area contributed by atoms with Crippen LogP contribution in [0.25, 0.3) is 0 Å². The molecule has 1 saturated heterocycles. The Labute approximate surface area is 138 Å². The number of nitrogens with zero attached hydrogens (tertiary/aromatic N) is 3. The summed E-state index contributed by atoms with van der Waals surface area (Å²) in [5, 5.41) is 3.46. The van der Waals surface area contributed by atoms with Gasteiger partial charge in [-0.15, -0.1) is 0 Å². The van der Waals surface area contributed by atoms with Crippen LogP contribution in [0.15, 0.2) is 36.5 Å². The van der Waals surface area contributed by atoms with Crippen LogP contribution < -0.4 is 5.32 Å². The lowest BCUT2D eigenvalue weighted by atomic mass is 9.98. The third kappa shape index (κ3) is 3.43. The largest absolute Gasteiger partial charge is 0.316 e. The molecule has 1 atom stereocenters. The summed E-state index contributed by atoms with van der Waals surface area (Å²) < 4.78 is 0. The van der Waals surface area contributed by atoms with E-state index in [2.05, 4.69) is 51.7 Å². The maximum atomic E-state index is 4.90. The molecule has 1 N–H and O–H groups in total. The minimum absolute atomic E-state index is 0.497. The van der Waals surface area contributed by atoms with Gasteiger partial charge in [-0.3, -0.25) is 4.90 Å². The summed E-state index contributed by atoms with van der Waals surface area (Å²) >= 11 is 0. The maximum Gasteiger partial charge on any atom is 0.132 e. The molecule has 23 heavy (non-hydrogen) atoms. The Morgan fingerprint density at radius 3 is 2.96 bits per heavy atom. The van der Waals surface area contributed by atoms with Crippen LogP contribution in [0.5, 0.6) is 0 Å². The van der Waals surface area contributed by atoms with Gasteiger partial charge in [-0.1, -0.05) is 30.3 Å². The van der Waals surface area contributed by atoms with Crippen LogP contribution in [-0.4, -0.2) is 34.5 Å². The van der Waals surface area contributed by atoms with E-state index in [1.54, 1.807) is 0 Å². The van der Waals surface area contributed by atoms with Gasteiger partial charge < -0.3 is 5.32 Å². The van der Waals surface area contributed by atoms with E-state index in [0.29, 0.717) is 5.92 Å². The highest BCUT2D eigenvalue weighted by Gasteiger charge is 2.22. The van der Waals surface area contributed by atoms with E-state index in [1.165, 1.54) is 29.7 Å². The first-order chi connectivity index (χ1) is 11.4. The van der Waals surface area contributed by atoms with Crippen molar-refractivity contribution >= 4 is 0 Å². The molecular formula is C19H24N4. The van der Waals surface area contributed by atoms with Crippen molar-refractivity contribution in [2.45, 2.75) is 38.3 Å². The molecule has 4 nitrogen and oxygen atoms in total. The van der Waals surface area contributed by atoms with Crippen LogP contribution in [0.4, 0.5) is 0 Å². The molecule has 3 heterocycles. The summed E-state index contributed by atoms with van der Waals surface area (Å²) in [5.41, 5.74) is 3.95. The van der Waals surface area contributed by atoms with Gasteiger partial charge in [0.1, 0.15) is 5.82 Å². The number of rotatable bonds is 3. The Bertz CT molecular complexity index is 650.